The number of halogens is 5. The Morgan fingerprint density at radius 3 is 1.69 bits per heavy atom. The molecule has 8 aromatic heterocycles. The van der Waals surface area contributed by atoms with E-state index in [4.69, 9.17) is 99.4 Å². The molecule has 14 heterocycles. The molecule has 8 aromatic carbocycles. The first-order valence-electron chi connectivity index (χ1n) is 41.9. The number of aliphatic hydroxyl groups is 2. The zero-order chi connectivity index (χ0) is 90.0. The lowest BCUT2D eigenvalue weighted by molar-refractivity contribution is -0.130. The summed E-state index contributed by atoms with van der Waals surface area (Å²) in [5.74, 6) is 0.127. The smallest absolute Gasteiger partial charge is 0.250 e. The highest BCUT2D eigenvalue weighted by Gasteiger charge is 2.61. The van der Waals surface area contributed by atoms with Crippen molar-refractivity contribution in [2.24, 2.45) is 29.2 Å². The summed E-state index contributed by atoms with van der Waals surface area (Å²) in [6, 6.07) is 44.7. The van der Waals surface area contributed by atoms with Gasteiger partial charge in [0.2, 0.25) is 48.0 Å². The van der Waals surface area contributed by atoms with Crippen molar-refractivity contribution in [3.05, 3.63) is 263 Å². The molecule has 20 bridgehead atoms. The van der Waals surface area contributed by atoms with E-state index in [9.17, 15) is 34.8 Å². The highest BCUT2D eigenvalue weighted by Crippen LogP contribution is 2.63. The van der Waals surface area contributed by atoms with Gasteiger partial charge in [0.1, 0.15) is 62.3 Å². The zero-order valence-corrected chi connectivity index (χ0v) is 74.8. The number of fused-ring (bicyclic) bond motifs is 17. The van der Waals surface area contributed by atoms with Gasteiger partial charge in [0.05, 0.1) is 39.9 Å². The number of aromatic amines is 3. The molecule has 22 rings (SSSR count). The number of nitrogens with two attached hydrogens (primary N) is 2. The number of benzene rings is 8. The molecule has 6 aliphatic heterocycles. The Bertz CT molecular complexity index is 7230. The average Bonchev–Trinajstić information content (AvgIpc) is 1.53. The van der Waals surface area contributed by atoms with E-state index in [1.54, 1.807) is 30.3 Å². The summed E-state index contributed by atoms with van der Waals surface area (Å²) in [5, 5.41) is 60.6. The van der Waals surface area contributed by atoms with Crippen molar-refractivity contribution in [3.8, 4) is 102 Å². The van der Waals surface area contributed by atoms with Gasteiger partial charge in [-0.05, 0) is 119 Å². The SMILES string of the molecule is CC(C)C(N)C(=O)N[C@H]1Cc2ccc(O)c(c2)[C@]23c4cccc(c4OC2O)-c2cccc4[nH]c(Cl)c(c24)-c2oc(nc2Cl)-c2nc(oc23)[C@H](C(C)C)NC1=O.CC(C)[C@@H]1NC(=O)[C@@H](N)Cc2cc(Br)c(O)c(c2)[C@]23c4cccc(c4OC2O)-c2cccc4[nH]c(Cl)c(c24)-c2oc(nc2Cl)-c2nc1oc23.CN(C)[C@@H](Cc1ccccc1)c1ncc(-c2c[nH]c3ccccc23)o1. The Morgan fingerprint density at radius 2 is 1.12 bits per heavy atom. The number of likely N-dealkylation sites (N-methyl/N-ethyl adjacent to an activating group) is 1. The first-order chi connectivity index (χ1) is 62.0. The number of aromatic nitrogens is 8. The Balaban J connectivity index is 0.000000129. The Morgan fingerprint density at radius 1 is 0.597 bits per heavy atom. The Labute approximate surface area is 764 Å². The molecule has 10 atom stereocenters. The number of H-pyrrole nitrogens is 3. The number of oxazole rings is 5. The fourth-order valence-corrected chi connectivity index (χ4v) is 20.2. The number of amides is 3. The number of carbonyl (C=O) groups is 3. The standard InChI is InChI=1S/C40H36Cl2N6O7.C35H26BrCl2N5O6.C21H21N3O/c1-15(2)27(43)36(51)45-23-14-17-11-12-24(49)21(13-17)40-20-9-5-8-19(30(20)54-39(40)52)18-7-6-10-22-25(18)26(33(41)44-22)31-34(42)48-38(53-31)29-32(40)55-37(47-29)28(16(3)4)46-35(23)50;1-12(2)23-32-42-24-28(49-32)35(17-9-13(10-18(36)25(17)44)11-19(39)31(45)41-23)16-7-3-6-15(26(16)48-34(35)46)14-5-4-8-20-21(14)22(29(37)40-20)27-30(38)43-33(24)47-27;1-24(2)19(12-15-8-4-3-5-9-15)21-23-14-20(25-21)17-13-22-18-11-7-6-10-16(17)18/h5-13,15-16,23,27-28,39,44,49,52H,14,43H2,1-4H3,(H,45,51)(H,46,50);3-10,12,19,23,34,40,44,46H,11,39H2,1-2H3,(H,41,45);3-11,13-14,19,22H,12H2,1-2H3/t23-,27?,28-,39?,40-;19-,23-,34?,35-;19-/m000/s1. The highest BCUT2D eigenvalue weighted by molar-refractivity contribution is 9.10. The van der Waals surface area contributed by atoms with Gasteiger partial charge in [-0.25, -0.2) is 15.0 Å². The molecule has 0 saturated heterocycles. The molecule has 3 unspecified atom stereocenters. The molecule has 0 aliphatic carbocycles. The van der Waals surface area contributed by atoms with E-state index < -0.39 is 71.3 Å². The van der Waals surface area contributed by atoms with Crippen LogP contribution in [0.4, 0.5) is 0 Å². The van der Waals surface area contributed by atoms with Crippen LogP contribution in [0.2, 0.25) is 20.6 Å². The molecule has 28 nitrogen and oxygen atoms in total. The van der Waals surface area contributed by atoms with E-state index >= 15 is 0 Å². The molecular formula is C96H83BrCl4N14O14. The van der Waals surface area contributed by atoms with E-state index in [1.807, 2.05) is 139 Å². The maximum Gasteiger partial charge on any atom is 0.250 e. The van der Waals surface area contributed by atoms with Crippen LogP contribution in [0, 0.1) is 17.8 Å². The fraction of sp³-hybridized carbons (Fsp3) is 0.250. The van der Waals surface area contributed by atoms with Gasteiger partial charge in [-0.3, -0.25) is 19.3 Å². The van der Waals surface area contributed by atoms with Gasteiger partial charge < -0.3 is 94.4 Å². The van der Waals surface area contributed by atoms with Crippen molar-refractivity contribution < 1.29 is 66.4 Å². The second-order valence-electron chi connectivity index (χ2n) is 34.4. The summed E-state index contributed by atoms with van der Waals surface area (Å²) in [5.41, 5.74) is 20.1. The van der Waals surface area contributed by atoms with Crippen LogP contribution in [0.25, 0.3) is 112 Å². The largest absolute Gasteiger partial charge is 0.508 e. The molecule has 0 radical (unpaired) electrons. The predicted molar refractivity (Wildman–Crippen MR) is 488 cm³/mol. The number of phenolic OH excluding ortho intramolecular Hbond substituents is 2. The lowest BCUT2D eigenvalue weighted by Gasteiger charge is -2.32. The number of rotatable bonds is 10. The number of ether oxygens (including phenoxy) is 2. The molecule has 6 aliphatic rings. The third kappa shape index (κ3) is 13.7. The lowest BCUT2D eigenvalue weighted by atomic mass is 9.70. The molecule has 656 valence electrons. The van der Waals surface area contributed by atoms with Crippen LogP contribution >= 0.6 is 62.3 Å². The first kappa shape index (κ1) is 84.6. The topological polar surface area (TPSA) is 419 Å². The van der Waals surface area contributed by atoms with Gasteiger partial charge in [-0.15, -0.1) is 0 Å². The van der Waals surface area contributed by atoms with Crippen LogP contribution in [0.5, 0.6) is 23.0 Å². The number of aromatic hydroxyl groups is 2. The van der Waals surface area contributed by atoms with Crippen LogP contribution in [-0.2, 0) is 44.5 Å². The van der Waals surface area contributed by atoms with Crippen LogP contribution < -0.4 is 36.9 Å². The van der Waals surface area contributed by atoms with Crippen LogP contribution in [0.1, 0.15) is 128 Å². The molecule has 2 spiro atoms. The van der Waals surface area contributed by atoms with E-state index in [2.05, 4.69) is 117 Å². The number of nitrogens with zero attached hydrogens (tertiary/aromatic N) is 6. The highest BCUT2D eigenvalue weighted by atomic mass is 79.9. The molecule has 0 saturated carbocycles. The van der Waals surface area contributed by atoms with Crippen LogP contribution in [-0.4, -0.2) is 128 Å². The van der Waals surface area contributed by atoms with Crippen LogP contribution in [0.3, 0.4) is 0 Å². The Kier molecular flexibility index (Phi) is 21.2. The van der Waals surface area contributed by atoms with Crippen LogP contribution in [0.15, 0.2) is 197 Å². The average molecular weight is 1880 g/mol. The number of aliphatic hydroxyl groups excluding tert-OH is 2. The molecule has 14 N–H and O–H groups in total. The second kappa shape index (κ2) is 32.3. The third-order valence-corrected chi connectivity index (χ3v) is 26.9. The van der Waals surface area contributed by atoms with E-state index in [0.29, 0.717) is 93.4 Å². The van der Waals surface area contributed by atoms with Gasteiger partial charge in [-0.1, -0.05) is 215 Å². The minimum atomic E-state index is -1.80. The van der Waals surface area contributed by atoms with E-state index in [1.165, 1.54) is 11.6 Å². The van der Waals surface area contributed by atoms with Crippen molar-refractivity contribution in [2.45, 2.75) is 120 Å². The molecule has 33 heteroatoms. The third-order valence-electron chi connectivity index (χ3n) is 25.2. The van der Waals surface area contributed by atoms with Gasteiger partial charge in [0, 0.05) is 84.3 Å². The van der Waals surface area contributed by atoms with E-state index in [0.717, 1.165) is 34.5 Å². The summed E-state index contributed by atoms with van der Waals surface area (Å²) < 4.78 is 45.9. The molecular weight excluding hydrogens is 1790 g/mol. The number of phenols is 2. The van der Waals surface area contributed by atoms with Crippen molar-refractivity contribution >= 4 is 113 Å². The molecule has 129 heavy (non-hydrogen) atoms. The number of hydrogen-bond acceptors (Lipinski definition) is 22. The lowest BCUT2D eigenvalue weighted by Crippen LogP contribution is -2.54. The van der Waals surface area contributed by atoms with Gasteiger partial charge >= 0.3 is 0 Å². The molecule has 16 aromatic rings. The molecule has 0 fully saturated rings. The minimum absolute atomic E-state index is 0.0107. The summed E-state index contributed by atoms with van der Waals surface area (Å²) in [6.45, 7) is 11.2. The maximum absolute atomic E-state index is 14.2. The summed E-state index contributed by atoms with van der Waals surface area (Å²) in [6.07, 6.45) is 1.43. The molecule has 3 amide bonds. The number of hydrogen-bond donors (Lipinski definition) is 12. The zero-order valence-electron chi connectivity index (χ0n) is 70.2. The van der Waals surface area contributed by atoms with Crippen molar-refractivity contribution in [1.82, 2.24) is 60.7 Å². The number of carbonyl (C=O) groups excluding carboxylic acids is 3. The van der Waals surface area contributed by atoms with Gasteiger partial charge in [0.15, 0.2) is 50.5 Å². The van der Waals surface area contributed by atoms with Crippen molar-refractivity contribution in [1.29, 1.82) is 0 Å². The maximum atomic E-state index is 14.2. The first-order valence-corrected chi connectivity index (χ1v) is 44.2. The van der Waals surface area contributed by atoms with Gasteiger partial charge in [0.25, 0.3) is 11.8 Å². The normalized spacial score (nSPS) is 20.1. The van der Waals surface area contributed by atoms with E-state index in [-0.39, 0.29) is 138 Å². The quantitative estimate of drug-likeness (QED) is 0.0605. The van der Waals surface area contributed by atoms with Gasteiger partial charge in [-0.2, -0.15) is 9.97 Å². The summed E-state index contributed by atoms with van der Waals surface area (Å²) >= 11 is 31.0. The monoisotopic (exact) mass is 1870 g/mol. The fourth-order valence-electron chi connectivity index (χ4n) is 18.7. The number of para-hydroxylation sites is 3. The minimum Gasteiger partial charge on any atom is -0.508 e. The summed E-state index contributed by atoms with van der Waals surface area (Å²) in [7, 11) is 4.12. The second-order valence-corrected chi connectivity index (χ2v) is 36.7. The van der Waals surface area contributed by atoms with Crippen molar-refractivity contribution in [2.75, 3.05) is 14.1 Å². The summed E-state index contributed by atoms with van der Waals surface area (Å²) in [4.78, 5) is 76.5. The number of nitrogens with one attached hydrogen (secondary N) is 6. The predicted octanol–water partition coefficient (Wildman–Crippen LogP) is 18.0. The Hall–Kier alpha value is -12.5. The van der Waals surface area contributed by atoms with Crippen molar-refractivity contribution in [3.63, 3.8) is 0 Å².